The summed E-state index contributed by atoms with van der Waals surface area (Å²) < 4.78 is 10.9. The minimum Gasteiger partial charge on any atom is -0.467 e. The predicted molar refractivity (Wildman–Crippen MR) is 71.7 cm³/mol. The molecule has 0 bridgehead atoms. The quantitative estimate of drug-likeness (QED) is 0.783. The summed E-state index contributed by atoms with van der Waals surface area (Å²) in [5, 5.41) is 9.54. The maximum atomic E-state index is 9.54. The molecular weight excluding hydrogens is 244 g/mol. The Hall–Kier alpha value is -1.30. The fourth-order valence-electron chi connectivity index (χ4n) is 2.76. The summed E-state index contributed by atoms with van der Waals surface area (Å²) in [6.45, 7) is 3.53. The van der Waals surface area contributed by atoms with Crippen LogP contribution in [0.3, 0.4) is 0 Å². The zero-order chi connectivity index (χ0) is 13.2. The van der Waals surface area contributed by atoms with Crippen molar-refractivity contribution in [2.75, 3.05) is 25.6 Å². The maximum Gasteiger partial charge on any atom is 0.189 e. The number of nitrogen functional groups attached to an aromatic ring is 1. The van der Waals surface area contributed by atoms with Gasteiger partial charge < -0.3 is 20.3 Å². The van der Waals surface area contributed by atoms with E-state index in [9.17, 15) is 5.11 Å². The molecule has 2 aliphatic heterocycles. The van der Waals surface area contributed by atoms with Crippen molar-refractivity contribution in [1.29, 1.82) is 0 Å². The number of fused-ring (bicyclic) bond motifs is 1. The van der Waals surface area contributed by atoms with Crippen molar-refractivity contribution >= 4 is 5.69 Å². The van der Waals surface area contributed by atoms with Crippen molar-refractivity contribution in [3.63, 3.8) is 0 Å². The van der Waals surface area contributed by atoms with Gasteiger partial charge in [-0.25, -0.2) is 0 Å². The van der Waals surface area contributed by atoms with E-state index < -0.39 is 0 Å². The number of aliphatic hydroxyl groups is 1. The van der Waals surface area contributed by atoms with Gasteiger partial charge in [-0.1, -0.05) is 0 Å². The van der Waals surface area contributed by atoms with E-state index >= 15 is 0 Å². The molecule has 1 aromatic carbocycles. The smallest absolute Gasteiger partial charge is 0.189 e. The van der Waals surface area contributed by atoms with Crippen molar-refractivity contribution < 1.29 is 14.6 Å². The van der Waals surface area contributed by atoms with Crippen molar-refractivity contribution in [2.45, 2.75) is 32.1 Å². The molecule has 0 radical (unpaired) electrons. The first-order valence-electron chi connectivity index (χ1n) is 6.74. The molecule has 2 heterocycles. The third-order valence-electron chi connectivity index (χ3n) is 3.76. The van der Waals surface area contributed by atoms with Crippen LogP contribution in [0.4, 0.5) is 5.69 Å². The number of nitrogens with two attached hydrogens (primary N) is 1. The molecule has 3 N–H and O–H groups in total. The van der Waals surface area contributed by atoms with Gasteiger partial charge in [0.2, 0.25) is 0 Å². The SMILES string of the molecule is Nc1cc2c(c(CN3CCC(O)CC3)c1)OCOC2. The minimum atomic E-state index is -0.143. The Morgan fingerprint density at radius 1 is 1.32 bits per heavy atom. The lowest BCUT2D eigenvalue weighted by Gasteiger charge is -2.31. The first kappa shape index (κ1) is 12.7. The van der Waals surface area contributed by atoms with Gasteiger partial charge in [-0.05, 0) is 25.0 Å². The van der Waals surface area contributed by atoms with Gasteiger partial charge in [0.1, 0.15) is 5.75 Å². The molecule has 1 saturated heterocycles. The zero-order valence-electron chi connectivity index (χ0n) is 11.0. The van der Waals surface area contributed by atoms with Crippen LogP contribution in [-0.2, 0) is 17.9 Å². The molecule has 2 aliphatic rings. The number of aliphatic hydroxyl groups excluding tert-OH is 1. The molecule has 5 nitrogen and oxygen atoms in total. The average molecular weight is 264 g/mol. The normalized spacial score (nSPS) is 20.9. The van der Waals surface area contributed by atoms with Crippen LogP contribution in [0.2, 0.25) is 0 Å². The third-order valence-corrected chi connectivity index (χ3v) is 3.76. The molecule has 5 heteroatoms. The van der Waals surface area contributed by atoms with Crippen LogP contribution in [0.25, 0.3) is 0 Å². The van der Waals surface area contributed by atoms with E-state index in [1.165, 1.54) is 0 Å². The summed E-state index contributed by atoms with van der Waals surface area (Å²) in [5.41, 5.74) is 8.84. The Morgan fingerprint density at radius 2 is 2.11 bits per heavy atom. The second-order valence-corrected chi connectivity index (χ2v) is 5.29. The molecule has 104 valence electrons. The third kappa shape index (κ3) is 2.83. The number of hydrogen-bond acceptors (Lipinski definition) is 5. The second-order valence-electron chi connectivity index (χ2n) is 5.29. The molecule has 0 saturated carbocycles. The lowest BCUT2D eigenvalue weighted by Crippen LogP contribution is -2.35. The molecule has 0 amide bonds. The second kappa shape index (κ2) is 5.36. The van der Waals surface area contributed by atoms with E-state index in [1.807, 2.05) is 12.1 Å². The number of ether oxygens (including phenoxy) is 2. The highest BCUT2D eigenvalue weighted by Gasteiger charge is 2.21. The molecule has 0 aliphatic carbocycles. The summed E-state index contributed by atoms with van der Waals surface area (Å²) in [5.74, 6) is 0.923. The highest BCUT2D eigenvalue weighted by molar-refractivity contribution is 5.53. The van der Waals surface area contributed by atoms with Crippen LogP contribution in [0.5, 0.6) is 5.75 Å². The summed E-state index contributed by atoms with van der Waals surface area (Å²) in [6.07, 6.45) is 1.54. The predicted octanol–water partition coefficient (Wildman–Crippen LogP) is 1.09. The van der Waals surface area contributed by atoms with E-state index in [0.717, 1.165) is 55.0 Å². The first-order chi connectivity index (χ1) is 9.22. The largest absolute Gasteiger partial charge is 0.467 e. The van der Waals surface area contributed by atoms with Gasteiger partial charge in [-0.2, -0.15) is 0 Å². The molecule has 1 fully saturated rings. The van der Waals surface area contributed by atoms with Gasteiger partial charge in [0.15, 0.2) is 6.79 Å². The Bertz CT molecular complexity index is 456. The highest BCUT2D eigenvalue weighted by Crippen LogP contribution is 2.32. The minimum absolute atomic E-state index is 0.143. The summed E-state index contributed by atoms with van der Waals surface area (Å²) >= 11 is 0. The molecule has 0 unspecified atom stereocenters. The van der Waals surface area contributed by atoms with E-state index in [4.69, 9.17) is 15.2 Å². The molecule has 3 rings (SSSR count). The Morgan fingerprint density at radius 3 is 2.89 bits per heavy atom. The van der Waals surface area contributed by atoms with Crippen molar-refractivity contribution in [3.8, 4) is 5.75 Å². The van der Waals surface area contributed by atoms with Gasteiger partial charge in [0.05, 0.1) is 12.7 Å². The number of anilines is 1. The molecule has 0 spiro atoms. The fraction of sp³-hybridized carbons (Fsp3) is 0.571. The van der Waals surface area contributed by atoms with Crippen LogP contribution in [0.15, 0.2) is 12.1 Å². The van der Waals surface area contributed by atoms with E-state index in [1.54, 1.807) is 0 Å². The van der Waals surface area contributed by atoms with Gasteiger partial charge in [0.25, 0.3) is 0 Å². The number of likely N-dealkylation sites (tertiary alicyclic amines) is 1. The zero-order valence-corrected chi connectivity index (χ0v) is 11.0. The van der Waals surface area contributed by atoms with Crippen LogP contribution in [-0.4, -0.2) is 36.0 Å². The van der Waals surface area contributed by atoms with Crippen LogP contribution in [0.1, 0.15) is 24.0 Å². The number of benzene rings is 1. The van der Waals surface area contributed by atoms with Crippen molar-refractivity contribution in [3.05, 3.63) is 23.3 Å². The maximum absolute atomic E-state index is 9.54. The average Bonchev–Trinajstić information content (AvgIpc) is 2.41. The molecule has 0 aromatic heterocycles. The van der Waals surface area contributed by atoms with Gasteiger partial charge >= 0.3 is 0 Å². The van der Waals surface area contributed by atoms with Gasteiger partial charge in [-0.3, -0.25) is 4.90 Å². The lowest BCUT2D eigenvalue weighted by atomic mass is 10.0. The Labute approximate surface area is 112 Å². The van der Waals surface area contributed by atoms with Gasteiger partial charge in [0, 0.05) is 36.4 Å². The van der Waals surface area contributed by atoms with Crippen LogP contribution in [0, 0.1) is 0 Å². The molecule has 0 atom stereocenters. The summed E-state index contributed by atoms with van der Waals surface area (Å²) in [4.78, 5) is 2.33. The van der Waals surface area contributed by atoms with Gasteiger partial charge in [-0.15, -0.1) is 0 Å². The van der Waals surface area contributed by atoms with Crippen molar-refractivity contribution in [2.24, 2.45) is 0 Å². The van der Waals surface area contributed by atoms with Crippen molar-refractivity contribution in [1.82, 2.24) is 4.90 Å². The number of nitrogens with zero attached hydrogens (tertiary/aromatic N) is 1. The standard InChI is InChI=1S/C14H20N2O3/c15-12-5-10(7-16-3-1-13(17)2-4-16)14-11(6-12)8-18-9-19-14/h5-6,13,17H,1-4,7-9,15H2. The fourth-order valence-corrected chi connectivity index (χ4v) is 2.76. The van der Waals surface area contributed by atoms with Crippen LogP contribution < -0.4 is 10.5 Å². The first-order valence-corrected chi connectivity index (χ1v) is 6.74. The Kier molecular flexibility index (Phi) is 3.59. The lowest BCUT2D eigenvalue weighted by molar-refractivity contribution is -0.0176. The number of piperidine rings is 1. The van der Waals surface area contributed by atoms with E-state index in [2.05, 4.69) is 4.90 Å². The van der Waals surface area contributed by atoms with E-state index in [-0.39, 0.29) is 6.10 Å². The van der Waals surface area contributed by atoms with Crippen LogP contribution >= 0.6 is 0 Å². The molecule has 19 heavy (non-hydrogen) atoms. The monoisotopic (exact) mass is 264 g/mol. The highest BCUT2D eigenvalue weighted by atomic mass is 16.7. The summed E-state index contributed by atoms with van der Waals surface area (Å²) in [7, 11) is 0. The molecule has 1 aromatic rings. The Balaban J connectivity index is 1.78. The number of rotatable bonds is 2. The summed E-state index contributed by atoms with van der Waals surface area (Å²) in [6, 6.07) is 3.90. The molecular formula is C14H20N2O3. The number of hydrogen-bond donors (Lipinski definition) is 2. The van der Waals surface area contributed by atoms with E-state index in [0.29, 0.717) is 13.4 Å². The topological polar surface area (TPSA) is 68.0 Å².